The fraction of sp³-hybridized carbons (Fsp3) is 0.130. The highest BCUT2D eigenvalue weighted by atomic mass is 32.1. The van der Waals surface area contributed by atoms with E-state index in [4.69, 9.17) is 13.2 Å². The quantitative estimate of drug-likeness (QED) is 0.436. The Labute approximate surface area is 187 Å². The highest BCUT2D eigenvalue weighted by Crippen LogP contribution is 2.36. The van der Waals surface area contributed by atoms with Crippen molar-refractivity contribution < 1.29 is 17.9 Å². The smallest absolute Gasteiger partial charge is 0.335 e. The van der Waals surface area contributed by atoms with Crippen molar-refractivity contribution in [2.45, 2.75) is 20.8 Å². The molecule has 4 rings (SSSR count). The second-order valence-electron chi connectivity index (χ2n) is 6.90. The van der Waals surface area contributed by atoms with Crippen LogP contribution in [0.3, 0.4) is 0 Å². The zero-order chi connectivity index (χ0) is 22.4. The molecule has 0 radical (unpaired) electrons. The summed E-state index contributed by atoms with van der Waals surface area (Å²) in [5, 5.41) is 3.86. The van der Waals surface area contributed by atoms with E-state index in [0.717, 1.165) is 21.4 Å². The van der Waals surface area contributed by atoms with Gasteiger partial charge < -0.3 is 10.1 Å². The van der Waals surface area contributed by atoms with Crippen LogP contribution >= 0.6 is 11.3 Å². The fourth-order valence-corrected chi connectivity index (χ4v) is 3.89. The summed E-state index contributed by atoms with van der Waals surface area (Å²) < 4.78 is 23.7. The largest absolute Gasteiger partial charge is 0.457 e. The number of benzene rings is 2. The highest BCUT2D eigenvalue weighted by Gasteiger charge is 2.14. The standard InChI is InChI=1S/C23H20N2O2S.O2S/c1-14-4-7-18(8-5-14)27-20-11-17(12-21-19(20)10-16(3)28-21)23(26)25-22-9-6-15(2)13-24-22;1-3-2/h4-13H,1-3H3,(H,24,25,26);. The number of anilines is 1. The lowest BCUT2D eigenvalue weighted by Gasteiger charge is -2.10. The van der Waals surface area contributed by atoms with Crippen molar-refractivity contribution in [1.29, 1.82) is 0 Å². The number of carbonyl (C=O) groups excluding carboxylic acids is 1. The third kappa shape index (κ3) is 5.84. The molecular formula is C23H20N2O4S2. The van der Waals surface area contributed by atoms with Crippen molar-refractivity contribution >= 4 is 44.7 Å². The van der Waals surface area contributed by atoms with E-state index in [9.17, 15) is 4.79 Å². The lowest BCUT2D eigenvalue weighted by Crippen LogP contribution is -2.13. The van der Waals surface area contributed by atoms with Crippen LogP contribution in [0.15, 0.2) is 60.8 Å². The van der Waals surface area contributed by atoms with E-state index in [2.05, 4.69) is 23.3 Å². The number of hydrogen-bond acceptors (Lipinski definition) is 6. The molecule has 0 fully saturated rings. The van der Waals surface area contributed by atoms with E-state index in [1.807, 2.05) is 50.2 Å². The van der Waals surface area contributed by atoms with E-state index >= 15 is 0 Å². The summed E-state index contributed by atoms with van der Waals surface area (Å²) >= 11 is 0.894. The number of nitrogens with zero attached hydrogens (tertiary/aromatic N) is 1. The van der Waals surface area contributed by atoms with Gasteiger partial charge in [0.1, 0.15) is 17.3 Å². The normalized spacial score (nSPS) is 10.2. The second kappa shape index (κ2) is 10.1. The molecule has 0 spiro atoms. The van der Waals surface area contributed by atoms with Gasteiger partial charge in [0, 0.05) is 26.7 Å². The summed E-state index contributed by atoms with van der Waals surface area (Å²) in [5.41, 5.74) is 2.75. The van der Waals surface area contributed by atoms with Crippen LogP contribution < -0.4 is 10.1 Å². The molecular weight excluding hydrogens is 432 g/mol. The number of carbonyl (C=O) groups is 1. The Morgan fingerprint density at radius 2 is 1.65 bits per heavy atom. The number of pyridine rings is 1. The fourth-order valence-electron chi connectivity index (χ4n) is 2.91. The molecule has 31 heavy (non-hydrogen) atoms. The van der Waals surface area contributed by atoms with Gasteiger partial charge in [-0.3, -0.25) is 4.79 Å². The molecule has 0 saturated carbocycles. The molecule has 0 aliphatic heterocycles. The number of rotatable bonds is 4. The van der Waals surface area contributed by atoms with Crippen molar-refractivity contribution in [1.82, 2.24) is 4.98 Å². The van der Waals surface area contributed by atoms with Crippen LogP contribution in [-0.4, -0.2) is 19.3 Å². The highest BCUT2D eigenvalue weighted by molar-refractivity contribution is 7.51. The van der Waals surface area contributed by atoms with Gasteiger partial charge in [0.15, 0.2) is 0 Å². The molecule has 1 amide bonds. The Morgan fingerprint density at radius 1 is 0.968 bits per heavy atom. The van der Waals surface area contributed by atoms with Crippen LogP contribution in [-0.2, 0) is 11.6 Å². The monoisotopic (exact) mass is 452 g/mol. The average Bonchev–Trinajstić information content (AvgIpc) is 3.12. The van der Waals surface area contributed by atoms with Crippen LogP contribution in [0.2, 0.25) is 0 Å². The van der Waals surface area contributed by atoms with E-state index in [1.54, 1.807) is 29.7 Å². The number of aryl methyl sites for hydroxylation is 3. The summed E-state index contributed by atoms with van der Waals surface area (Å²) in [7, 11) is 0. The number of ether oxygens (including phenoxy) is 1. The van der Waals surface area contributed by atoms with Gasteiger partial charge in [-0.2, -0.15) is 8.42 Å². The Balaban J connectivity index is 0.000000858. The summed E-state index contributed by atoms with van der Waals surface area (Å²) in [6.45, 7) is 6.05. The summed E-state index contributed by atoms with van der Waals surface area (Å²) in [4.78, 5) is 18.2. The predicted molar refractivity (Wildman–Crippen MR) is 124 cm³/mol. The molecule has 0 bridgehead atoms. The van der Waals surface area contributed by atoms with Crippen molar-refractivity contribution in [2.75, 3.05) is 5.32 Å². The van der Waals surface area contributed by atoms with E-state index in [0.29, 0.717) is 17.1 Å². The minimum Gasteiger partial charge on any atom is -0.457 e. The van der Waals surface area contributed by atoms with Crippen LogP contribution in [0.1, 0.15) is 26.4 Å². The average molecular weight is 453 g/mol. The third-order valence-corrected chi connectivity index (χ3v) is 5.38. The number of fused-ring (bicyclic) bond motifs is 1. The first-order chi connectivity index (χ1) is 14.9. The molecule has 8 heteroatoms. The van der Waals surface area contributed by atoms with Gasteiger partial charge >= 0.3 is 11.6 Å². The Hall–Kier alpha value is -3.36. The van der Waals surface area contributed by atoms with Gasteiger partial charge in [0.2, 0.25) is 0 Å². The Morgan fingerprint density at radius 3 is 2.29 bits per heavy atom. The van der Waals surface area contributed by atoms with Gasteiger partial charge in [-0.25, -0.2) is 4.98 Å². The van der Waals surface area contributed by atoms with Crippen molar-refractivity contribution in [3.05, 3.63) is 82.4 Å². The molecule has 0 atom stereocenters. The van der Waals surface area contributed by atoms with E-state index in [1.165, 1.54) is 10.4 Å². The van der Waals surface area contributed by atoms with Gasteiger partial charge in [-0.15, -0.1) is 11.3 Å². The summed E-state index contributed by atoms with van der Waals surface area (Å²) in [6.07, 6.45) is 1.73. The SMILES string of the molecule is Cc1ccc(Oc2cc(C(=O)Nc3ccc(C)cn3)cc3sc(C)cc23)cc1.O=S=O. The number of hydrogen-bond donors (Lipinski definition) is 1. The number of amides is 1. The van der Waals surface area contributed by atoms with Gasteiger partial charge in [-0.1, -0.05) is 23.8 Å². The minimum atomic E-state index is -0.750. The Bertz CT molecular complexity index is 1240. The van der Waals surface area contributed by atoms with Crippen LogP contribution in [0.4, 0.5) is 5.82 Å². The maximum atomic E-state index is 12.8. The molecule has 0 saturated heterocycles. The van der Waals surface area contributed by atoms with Crippen LogP contribution in [0, 0.1) is 20.8 Å². The first-order valence-electron chi connectivity index (χ1n) is 9.34. The van der Waals surface area contributed by atoms with Crippen LogP contribution in [0.5, 0.6) is 11.5 Å². The lowest BCUT2D eigenvalue weighted by atomic mass is 10.1. The molecule has 2 aromatic heterocycles. The van der Waals surface area contributed by atoms with Crippen LogP contribution in [0.25, 0.3) is 10.1 Å². The first-order valence-corrected chi connectivity index (χ1v) is 10.8. The zero-order valence-corrected chi connectivity index (χ0v) is 18.8. The molecule has 0 aliphatic rings. The second-order valence-corrected chi connectivity index (χ2v) is 8.33. The van der Waals surface area contributed by atoms with Crippen molar-refractivity contribution in [3.8, 4) is 11.5 Å². The molecule has 2 aromatic carbocycles. The van der Waals surface area contributed by atoms with Gasteiger partial charge in [0.25, 0.3) is 5.91 Å². The summed E-state index contributed by atoms with van der Waals surface area (Å²) in [5.74, 6) is 1.73. The van der Waals surface area contributed by atoms with E-state index in [-0.39, 0.29) is 5.91 Å². The van der Waals surface area contributed by atoms with E-state index < -0.39 is 11.6 Å². The molecule has 0 unspecified atom stereocenters. The minimum absolute atomic E-state index is 0.210. The van der Waals surface area contributed by atoms with Crippen molar-refractivity contribution in [2.24, 2.45) is 0 Å². The van der Waals surface area contributed by atoms with Gasteiger partial charge in [0.05, 0.1) is 0 Å². The molecule has 0 aliphatic carbocycles. The topological polar surface area (TPSA) is 85.4 Å². The maximum absolute atomic E-state index is 12.8. The number of aromatic nitrogens is 1. The molecule has 4 aromatic rings. The zero-order valence-electron chi connectivity index (χ0n) is 17.2. The van der Waals surface area contributed by atoms with Gasteiger partial charge in [-0.05, 0) is 62.7 Å². The molecule has 158 valence electrons. The number of thiophene rings is 1. The number of nitrogens with one attached hydrogen (secondary N) is 1. The lowest BCUT2D eigenvalue weighted by molar-refractivity contribution is 0.102. The van der Waals surface area contributed by atoms with Crippen molar-refractivity contribution in [3.63, 3.8) is 0 Å². The first kappa shape index (κ1) is 22.3. The maximum Gasteiger partial charge on any atom is 0.335 e. The molecule has 2 heterocycles. The molecule has 6 nitrogen and oxygen atoms in total. The third-order valence-electron chi connectivity index (χ3n) is 4.39. The summed E-state index contributed by atoms with van der Waals surface area (Å²) in [6, 6.07) is 17.4. The molecule has 1 N–H and O–H groups in total. The predicted octanol–water partition coefficient (Wildman–Crippen LogP) is 5.60. The Kier molecular flexibility index (Phi) is 7.28.